The normalized spacial score (nSPS) is 11.5. The van der Waals surface area contributed by atoms with Crippen molar-refractivity contribution < 1.29 is 13.2 Å². The number of hydrogen-bond donors (Lipinski definition) is 1. The molecule has 2 rings (SSSR count). The number of alkyl halides is 3. The highest BCUT2D eigenvalue weighted by Crippen LogP contribution is 2.32. The molecule has 0 amide bonds. The van der Waals surface area contributed by atoms with Gasteiger partial charge in [-0.3, -0.25) is 4.40 Å². The lowest BCUT2D eigenvalue weighted by Gasteiger charge is -2.07. The molecular weight excluding hydrogens is 312 g/mol. The van der Waals surface area contributed by atoms with Gasteiger partial charge in [0.2, 0.25) is 5.95 Å². The molecule has 0 aliphatic rings. The number of nitrogen functional groups attached to an aromatic ring is 1. The molecule has 0 bridgehead atoms. The van der Waals surface area contributed by atoms with Crippen LogP contribution in [0.2, 0.25) is 5.02 Å². The first-order chi connectivity index (χ1) is 6.89. The van der Waals surface area contributed by atoms with Crippen LogP contribution in [0.25, 0.3) is 5.65 Å². The summed E-state index contributed by atoms with van der Waals surface area (Å²) in [5.74, 6) is -0.141. The largest absolute Gasteiger partial charge is 0.417 e. The third-order valence-electron chi connectivity index (χ3n) is 1.81. The van der Waals surface area contributed by atoms with E-state index in [1.54, 1.807) is 0 Å². The molecule has 2 aromatic heterocycles. The number of hydrogen-bond acceptors (Lipinski definition) is 3. The van der Waals surface area contributed by atoms with E-state index in [4.69, 9.17) is 17.3 Å². The second-order valence-electron chi connectivity index (χ2n) is 2.83. The lowest BCUT2D eigenvalue weighted by molar-refractivity contribution is -0.137. The Morgan fingerprint density at radius 3 is 2.50 bits per heavy atom. The Morgan fingerprint density at radius 1 is 1.31 bits per heavy atom. The quantitative estimate of drug-likeness (QED) is 0.812. The molecule has 0 aliphatic carbocycles. The summed E-state index contributed by atoms with van der Waals surface area (Å²) < 4.78 is 38.1. The number of fused-ring (bicyclic) bond motifs is 1. The SMILES string of the molecule is Br.Nc1nnc2c(Cl)cc(C(F)(F)F)cn12. The van der Waals surface area contributed by atoms with Crippen molar-refractivity contribution in [1.82, 2.24) is 14.6 Å². The summed E-state index contributed by atoms with van der Waals surface area (Å²) in [6.07, 6.45) is -3.68. The molecule has 0 unspecified atom stereocenters. The summed E-state index contributed by atoms with van der Waals surface area (Å²) >= 11 is 5.60. The van der Waals surface area contributed by atoms with E-state index < -0.39 is 11.7 Å². The highest BCUT2D eigenvalue weighted by atomic mass is 79.9. The number of nitrogens with two attached hydrogens (primary N) is 1. The maximum atomic E-state index is 12.4. The van der Waals surface area contributed by atoms with Gasteiger partial charge in [0.25, 0.3) is 0 Å². The molecule has 2 heterocycles. The van der Waals surface area contributed by atoms with Crippen molar-refractivity contribution in [3.8, 4) is 0 Å². The van der Waals surface area contributed by atoms with Gasteiger partial charge < -0.3 is 5.73 Å². The van der Waals surface area contributed by atoms with Gasteiger partial charge in [0.15, 0.2) is 5.65 Å². The van der Waals surface area contributed by atoms with Crippen molar-refractivity contribution in [3.05, 3.63) is 22.8 Å². The zero-order valence-electron chi connectivity index (χ0n) is 7.49. The average Bonchev–Trinajstić information content (AvgIpc) is 2.47. The number of aromatic nitrogens is 3. The number of halogens is 5. The summed E-state index contributed by atoms with van der Waals surface area (Å²) in [6.45, 7) is 0. The van der Waals surface area contributed by atoms with Gasteiger partial charge in [-0.15, -0.1) is 27.2 Å². The van der Waals surface area contributed by atoms with Crippen LogP contribution in [-0.2, 0) is 6.18 Å². The van der Waals surface area contributed by atoms with Crippen molar-refractivity contribution >= 4 is 40.2 Å². The lowest BCUT2D eigenvalue weighted by atomic mass is 10.3. The maximum absolute atomic E-state index is 12.4. The molecule has 88 valence electrons. The van der Waals surface area contributed by atoms with E-state index in [9.17, 15) is 13.2 Å². The van der Waals surface area contributed by atoms with Gasteiger partial charge in [-0.05, 0) is 6.07 Å². The monoisotopic (exact) mass is 316 g/mol. The van der Waals surface area contributed by atoms with Crippen LogP contribution < -0.4 is 5.73 Å². The van der Waals surface area contributed by atoms with Gasteiger partial charge in [-0.25, -0.2) is 0 Å². The third kappa shape index (κ3) is 2.07. The van der Waals surface area contributed by atoms with Gasteiger partial charge in [-0.2, -0.15) is 13.2 Å². The van der Waals surface area contributed by atoms with Gasteiger partial charge >= 0.3 is 6.18 Å². The van der Waals surface area contributed by atoms with Crippen LogP contribution in [0.3, 0.4) is 0 Å². The van der Waals surface area contributed by atoms with E-state index in [0.29, 0.717) is 0 Å². The van der Waals surface area contributed by atoms with Crippen LogP contribution in [0.5, 0.6) is 0 Å². The summed E-state index contributed by atoms with van der Waals surface area (Å²) in [7, 11) is 0. The summed E-state index contributed by atoms with van der Waals surface area (Å²) in [5.41, 5.74) is 4.52. The van der Waals surface area contributed by atoms with Gasteiger partial charge in [-0.1, -0.05) is 11.6 Å². The van der Waals surface area contributed by atoms with Crippen molar-refractivity contribution in [3.63, 3.8) is 0 Å². The first-order valence-corrected chi connectivity index (χ1v) is 4.14. The number of anilines is 1. The molecule has 9 heteroatoms. The first-order valence-electron chi connectivity index (χ1n) is 3.76. The topological polar surface area (TPSA) is 56.2 Å². The van der Waals surface area contributed by atoms with Gasteiger partial charge in [0.05, 0.1) is 10.6 Å². The van der Waals surface area contributed by atoms with Crippen LogP contribution in [-0.4, -0.2) is 14.6 Å². The molecule has 2 aromatic rings. The molecule has 0 spiro atoms. The summed E-state index contributed by atoms with van der Waals surface area (Å²) in [6, 6.07) is 0.783. The predicted molar refractivity (Wildman–Crippen MR) is 57.7 cm³/mol. The fourth-order valence-electron chi connectivity index (χ4n) is 1.13. The highest BCUT2D eigenvalue weighted by molar-refractivity contribution is 8.93. The van der Waals surface area contributed by atoms with Gasteiger partial charge in [0, 0.05) is 6.20 Å². The Balaban J connectivity index is 0.00000128. The lowest BCUT2D eigenvalue weighted by Crippen LogP contribution is -2.07. The van der Waals surface area contributed by atoms with Crippen LogP contribution in [0.1, 0.15) is 5.56 Å². The molecule has 0 saturated carbocycles. The molecule has 0 fully saturated rings. The minimum atomic E-state index is -4.48. The highest BCUT2D eigenvalue weighted by Gasteiger charge is 2.32. The van der Waals surface area contributed by atoms with E-state index in [0.717, 1.165) is 16.7 Å². The molecule has 0 aromatic carbocycles. The predicted octanol–water partition coefficient (Wildman–Crippen LogP) is 2.56. The third-order valence-corrected chi connectivity index (χ3v) is 2.09. The molecule has 16 heavy (non-hydrogen) atoms. The smallest absolute Gasteiger partial charge is 0.368 e. The van der Waals surface area contributed by atoms with Crippen molar-refractivity contribution in [2.45, 2.75) is 6.18 Å². The van der Waals surface area contributed by atoms with Crippen LogP contribution in [0.15, 0.2) is 12.3 Å². The average molecular weight is 317 g/mol. The maximum Gasteiger partial charge on any atom is 0.417 e. The Bertz CT molecular complexity index is 524. The molecular formula is C7H5BrClF3N4. The van der Waals surface area contributed by atoms with Crippen LogP contribution in [0.4, 0.5) is 19.1 Å². The van der Waals surface area contributed by atoms with Crippen molar-refractivity contribution in [1.29, 1.82) is 0 Å². The van der Waals surface area contributed by atoms with Crippen LogP contribution in [0, 0.1) is 0 Å². The van der Waals surface area contributed by atoms with Gasteiger partial charge in [0.1, 0.15) is 0 Å². The fourth-order valence-corrected chi connectivity index (χ4v) is 1.37. The number of rotatable bonds is 0. The number of pyridine rings is 1. The van der Waals surface area contributed by atoms with Crippen LogP contribution >= 0.6 is 28.6 Å². The summed E-state index contributed by atoms with van der Waals surface area (Å²) in [5, 5.41) is 6.80. The Labute approximate surface area is 103 Å². The molecule has 4 nitrogen and oxygen atoms in total. The minimum Gasteiger partial charge on any atom is -0.368 e. The Kier molecular flexibility index (Phi) is 3.34. The number of nitrogens with zero attached hydrogens (tertiary/aromatic N) is 3. The van der Waals surface area contributed by atoms with E-state index in [2.05, 4.69) is 10.2 Å². The first kappa shape index (κ1) is 13.0. The molecule has 0 aliphatic heterocycles. The minimum absolute atomic E-state index is 0. The molecule has 0 radical (unpaired) electrons. The van der Waals surface area contributed by atoms with E-state index in [1.165, 1.54) is 0 Å². The Morgan fingerprint density at radius 2 is 1.94 bits per heavy atom. The van der Waals surface area contributed by atoms with E-state index in [1.807, 2.05) is 0 Å². The zero-order valence-corrected chi connectivity index (χ0v) is 9.96. The van der Waals surface area contributed by atoms with Crippen molar-refractivity contribution in [2.24, 2.45) is 0 Å². The van der Waals surface area contributed by atoms with E-state index >= 15 is 0 Å². The molecule has 2 N–H and O–H groups in total. The fraction of sp³-hybridized carbons (Fsp3) is 0.143. The second kappa shape index (κ2) is 4.10. The Hall–Kier alpha value is -1.02. The zero-order chi connectivity index (χ0) is 11.2. The molecule has 0 atom stereocenters. The molecule has 0 saturated heterocycles. The second-order valence-corrected chi connectivity index (χ2v) is 3.23. The standard InChI is InChI=1S/C7H4ClF3N4.BrH/c8-4-1-3(7(9,10)11)2-15-5(4)13-14-6(15)12;/h1-2H,(H2,12,14);1H. The van der Waals surface area contributed by atoms with E-state index in [-0.39, 0.29) is 33.6 Å². The van der Waals surface area contributed by atoms with Crippen molar-refractivity contribution in [2.75, 3.05) is 5.73 Å². The summed E-state index contributed by atoms with van der Waals surface area (Å²) in [4.78, 5) is 0.